The quantitative estimate of drug-likeness (QED) is 0.424. The second-order valence-corrected chi connectivity index (χ2v) is 2.26. The third-order valence-electron chi connectivity index (χ3n) is 1.24. The van der Waals surface area contributed by atoms with Crippen LogP contribution in [0.25, 0.3) is 0 Å². The number of carbonyl (C=O) groups excluding carboxylic acids is 2. The van der Waals surface area contributed by atoms with E-state index in [-0.39, 0.29) is 6.15 Å². The Balaban J connectivity index is 0.00000144. The van der Waals surface area contributed by atoms with Gasteiger partial charge in [0.25, 0.3) is 0 Å². The minimum absolute atomic E-state index is 0. The summed E-state index contributed by atoms with van der Waals surface area (Å²) in [5.41, 5.74) is 0. The number of hydrogen-bond acceptors (Lipinski definition) is 4. The molecule has 1 aromatic carbocycles. The Bertz CT molecular complexity index is 295. The van der Waals surface area contributed by atoms with E-state index in [1.165, 1.54) is 6.92 Å². The van der Waals surface area contributed by atoms with Gasteiger partial charge in [-0.1, -0.05) is 18.2 Å². The molecular weight excluding hydrogens is 170 g/mol. The molecular formula is C9H11NO3. The van der Waals surface area contributed by atoms with Crippen molar-refractivity contribution in [1.29, 1.82) is 0 Å². The summed E-state index contributed by atoms with van der Waals surface area (Å²) in [6, 6.07) is 8.47. The molecule has 13 heavy (non-hydrogen) atoms. The van der Waals surface area contributed by atoms with Crippen molar-refractivity contribution in [3.63, 3.8) is 0 Å². The second kappa shape index (κ2) is 5.05. The van der Waals surface area contributed by atoms with Crippen LogP contribution in [0.15, 0.2) is 30.3 Å². The van der Waals surface area contributed by atoms with Gasteiger partial charge in [0.1, 0.15) is 5.75 Å². The fourth-order valence-corrected chi connectivity index (χ4v) is 0.667. The average Bonchev–Trinajstić information content (AvgIpc) is 2.06. The molecule has 0 fully saturated rings. The summed E-state index contributed by atoms with van der Waals surface area (Å²) >= 11 is 0. The number of para-hydroxylation sites is 1. The molecule has 0 aliphatic heterocycles. The molecule has 0 saturated heterocycles. The predicted octanol–water partition coefficient (Wildman–Crippen LogP) is 1.34. The highest BCUT2D eigenvalue weighted by Gasteiger charge is 2.08. The molecule has 3 N–H and O–H groups in total. The van der Waals surface area contributed by atoms with Crippen molar-refractivity contribution in [3.8, 4) is 5.75 Å². The summed E-state index contributed by atoms with van der Waals surface area (Å²) in [4.78, 5) is 21.2. The molecule has 1 aromatic rings. The number of Topliss-reactive ketones (excluding diaryl/α,β-unsaturated/α-hetero) is 1. The molecule has 0 radical (unpaired) electrons. The number of hydrogen-bond donors (Lipinski definition) is 1. The molecule has 4 nitrogen and oxygen atoms in total. The maximum atomic E-state index is 10.7. The molecule has 0 bridgehead atoms. The van der Waals surface area contributed by atoms with E-state index in [1.807, 2.05) is 0 Å². The Kier molecular flexibility index (Phi) is 4.40. The maximum absolute atomic E-state index is 10.7. The van der Waals surface area contributed by atoms with Gasteiger partial charge in [0, 0.05) is 6.92 Å². The highest BCUT2D eigenvalue weighted by molar-refractivity contribution is 6.33. The zero-order valence-corrected chi connectivity index (χ0v) is 7.32. The Labute approximate surface area is 76.1 Å². The van der Waals surface area contributed by atoms with Gasteiger partial charge in [0.15, 0.2) is 0 Å². The fraction of sp³-hybridized carbons (Fsp3) is 0.111. The first-order valence-electron chi connectivity index (χ1n) is 3.48. The average molecular weight is 181 g/mol. The second-order valence-electron chi connectivity index (χ2n) is 2.26. The van der Waals surface area contributed by atoms with E-state index in [2.05, 4.69) is 4.74 Å². The van der Waals surface area contributed by atoms with Crippen LogP contribution in [0, 0.1) is 0 Å². The summed E-state index contributed by atoms with van der Waals surface area (Å²) in [7, 11) is 0. The minimum Gasteiger partial charge on any atom is -0.421 e. The van der Waals surface area contributed by atoms with E-state index < -0.39 is 11.8 Å². The number of rotatable bonds is 2. The highest BCUT2D eigenvalue weighted by Crippen LogP contribution is 2.08. The lowest BCUT2D eigenvalue weighted by molar-refractivity contribution is -0.146. The van der Waals surface area contributed by atoms with Crippen molar-refractivity contribution in [2.45, 2.75) is 6.92 Å². The van der Waals surface area contributed by atoms with Gasteiger partial charge in [-0.3, -0.25) is 4.79 Å². The maximum Gasteiger partial charge on any atom is 0.379 e. The lowest BCUT2D eigenvalue weighted by Gasteiger charge is -1.99. The Morgan fingerprint density at radius 2 is 1.69 bits per heavy atom. The summed E-state index contributed by atoms with van der Waals surface area (Å²) in [5.74, 6) is -1.04. The van der Waals surface area contributed by atoms with Gasteiger partial charge in [0.2, 0.25) is 5.78 Å². The minimum atomic E-state index is -0.832. The molecule has 0 amide bonds. The van der Waals surface area contributed by atoms with Gasteiger partial charge in [0.05, 0.1) is 0 Å². The van der Waals surface area contributed by atoms with Gasteiger partial charge < -0.3 is 10.9 Å². The van der Waals surface area contributed by atoms with Crippen LogP contribution in [0.5, 0.6) is 5.75 Å². The van der Waals surface area contributed by atoms with E-state index in [9.17, 15) is 9.59 Å². The van der Waals surface area contributed by atoms with Crippen LogP contribution in [-0.2, 0) is 9.59 Å². The van der Waals surface area contributed by atoms with Gasteiger partial charge in [-0.25, -0.2) is 4.79 Å². The monoisotopic (exact) mass is 181 g/mol. The van der Waals surface area contributed by atoms with Gasteiger partial charge in [-0.15, -0.1) is 0 Å². The summed E-state index contributed by atoms with van der Waals surface area (Å²) < 4.78 is 4.69. The standard InChI is InChI=1S/C9H8O3.H3N/c1-7(10)9(11)12-8-5-3-2-4-6-8;/h2-6H,1H3;1H3. The molecule has 0 spiro atoms. The Morgan fingerprint density at radius 1 is 1.15 bits per heavy atom. The van der Waals surface area contributed by atoms with E-state index in [1.54, 1.807) is 30.3 Å². The van der Waals surface area contributed by atoms with Crippen LogP contribution in [-0.4, -0.2) is 11.8 Å². The van der Waals surface area contributed by atoms with Gasteiger partial charge >= 0.3 is 5.97 Å². The van der Waals surface area contributed by atoms with Crippen LogP contribution in [0.3, 0.4) is 0 Å². The topological polar surface area (TPSA) is 78.4 Å². The molecule has 0 heterocycles. The third-order valence-corrected chi connectivity index (χ3v) is 1.24. The Hall–Kier alpha value is -1.68. The molecule has 4 heteroatoms. The SMILES string of the molecule is CC(=O)C(=O)Oc1ccccc1.N. The van der Waals surface area contributed by atoms with Crippen molar-refractivity contribution in [1.82, 2.24) is 6.15 Å². The lowest BCUT2D eigenvalue weighted by atomic mass is 10.3. The van der Waals surface area contributed by atoms with Crippen LogP contribution < -0.4 is 10.9 Å². The van der Waals surface area contributed by atoms with E-state index in [4.69, 9.17) is 0 Å². The van der Waals surface area contributed by atoms with Crippen LogP contribution in [0.2, 0.25) is 0 Å². The molecule has 1 rings (SSSR count). The molecule has 0 aromatic heterocycles. The Morgan fingerprint density at radius 3 is 2.15 bits per heavy atom. The summed E-state index contributed by atoms with van der Waals surface area (Å²) in [6.45, 7) is 1.17. The molecule has 0 aliphatic carbocycles. The predicted molar refractivity (Wildman–Crippen MR) is 47.8 cm³/mol. The zero-order chi connectivity index (χ0) is 8.97. The lowest BCUT2D eigenvalue weighted by Crippen LogP contribution is -2.16. The highest BCUT2D eigenvalue weighted by atomic mass is 16.5. The number of ether oxygens (including phenoxy) is 1. The first kappa shape index (κ1) is 11.3. The van der Waals surface area contributed by atoms with Crippen molar-refractivity contribution < 1.29 is 14.3 Å². The van der Waals surface area contributed by atoms with Crippen molar-refractivity contribution in [2.75, 3.05) is 0 Å². The molecule has 0 saturated carbocycles. The number of carbonyl (C=O) groups is 2. The van der Waals surface area contributed by atoms with Gasteiger partial charge in [-0.05, 0) is 12.1 Å². The van der Waals surface area contributed by atoms with Crippen LogP contribution in [0.4, 0.5) is 0 Å². The van der Waals surface area contributed by atoms with Crippen molar-refractivity contribution >= 4 is 11.8 Å². The third kappa shape index (κ3) is 3.48. The first-order valence-corrected chi connectivity index (χ1v) is 3.48. The fourth-order valence-electron chi connectivity index (χ4n) is 0.667. The summed E-state index contributed by atoms with van der Waals surface area (Å²) in [6.07, 6.45) is 0. The first-order chi connectivity index (χ1) is 5.70. The normalized spacial score (nSPS) is 8.38. The summed E-state index contributed by atoms with van der Waals surface area (Å²) in [5, 5.41) is 0. The van der Waals surface area contributed by atoms with E-state index in [0.717, 1.165) is 0 Å². The van der Waals surface area contributed by atoms with Crippen LogP contribution in [0.1, 0.15) is 6.92 Å². The van der Waals surface area contributed by atoms with Crippen molar-refractivity contribution in [3.05, 3.63) is 30.3 Å². The molecule has 0 atom stereocenters. The molecule has 70 valence electrons. The number of benzene rings is 1. The smallest absolute Gasteiger partial charge is 0.379 e. The van der Waals surface area contributed by atoms with E-state index >= 15 is 0 Å². The van der Waals surface area contributed by atoms with E-state index in [0.29, 0.717) is 5.75 Å². The number of ketones is 1. The van der Waals surface area contributed by atoms with Crippen molar-refractivity contribution in [2.24, 2.45) is 0 Å². The molecule has 0 unspecified atom stereocenters. The largest absolute Gasteiger partial charge is 0.421 e. The van der Waals surface area contributed by atoms with Gasteiger partial charge in [-0.2, -0.15) is 0 Å². The van der Waals surface area contributed by atoms with Crippen LogP contribution >= 0.6 is 0 Å². The number of esters is 1. The molecule has 0 aliphatic rings. The zero-order valence-electron chi connectivity index (χ0n) is 7.32.